The second kappa shape index (κ2) is 4.79. The van der Waals surface area contributed by atoms with Crippen molar-refractivity contribution >= 4 is 17.0 Å². The number of carbonyl (C=O) groups is 1. The van der Waals surface area contributed by atoms with Crippen LogP contribution in [0.15, 0.2) is 12.5 Å². The number of ether oxygens (including phenoxy) is 1. The van der Waals surface area contributed by atoms with Crippen molar-refractivity contribution in [3.63, 3.8) is 0 Å². The highest BCUT2D eigenvalue weighted by Crippen LogP contribution is 2.22. The number of hydrogen-bond donors (Lipinski definition) is 0. The molecule has 0 aliphatic rings. The first kappa shape index (κ1) is 12.0. The maximum atomic E-state index is 11.7. The zero-order chi connectivity index (χ0) is 13.1. The van der Waals surface area contributed by atoms with E-state index in [0.29, 0.717) is 16.7 Å². The van der Waals surface area contributed by atoms with E-state index in [2.05, 4.69) is 15.1 Å². The first-order valence-electron chi connectivity index (χ1n) is 5.37. The average Bonchev–Trinajstić information content (AvgIpc) is 2.74. The molecule has 0 fully saturated rings. The summed E-state index contributed by atoms with van der Waals surface area (Å²) in [5.41, 5.74) is 0.901. The Balaban J connectivity index is 2.52. The lowest BCUT2D eigenvalue weighted by Crippen LogP contribution is -2.16. The minimum atomic E-state index is -1.06. The first-order chi connectivity index (χ1) is 8.69. The second-order valence-electron chi connectivity index (χ2n) is 3.58. The Morgan fingerprint density at radius 3 is 3.06 bits per heavy atom. The van der Waals surface area contributed by atoms with Gasteiger partial charge in [-0.25, -0.2) is 9.97 Å². The highest BCUT2D eigenvalue weighted by atomic mass is 16.5. The number of esters is 1. The van der Waals surface area contributed by atoms with E-state index in [4.69, 9.17) is 10.00 Å². The Morgan fingerprint density at radius 2 is 2.39 bits per heavy atom. The van der Waals surface area contributed by atoms with E-state index in [1.807, 2.05) is 6.07 Å². The first-order valence-corrected chi connectivity index (χ1v) is 5.37. The molecule has 2 heterocycles. The van der Waals surface area contributed by atoms with Crippen molar-refractivity contribution in [2.45, 2.75) is 12.8 Å². The monoisotopic (exact) mass is 245 g/mol. The normalized spacial score (nSPS) is 12.1. The van der Waals surface area contributed by atoms with Crippen LogP contribution in [0.5, 0.6) is 0 Å². The number of fused-ring (bicyclic) bond motifs is 1. The number of nitrogens with zero attached hydrogens (tertiary/aromatic N) is 5. The molecule has 1 atom stereocenters. The zero-order valence-electron chi connectivity index (χ0n) is 9.99. The van der Waals surface area contributed by atoms with E-state index in [1.54, 1.807) is 18.7 Å². The third-order valence-corrected chi connectivity index (χ3v) is 2.49. The van der Waals surface area contributed by atoms with E-state index in [0.717, 1.165) is 0 Å². The van der Waals surface area contributed by atoms with E-state index < -0.39 is 11.9 Å². The van der Waals surface area contributed by atoms with E-state index in [9.17, 15) is 4.79 Å². The average molecular weight is 245 g/mol. The van der Waals surface area contributed by atoms with Crippen LogP contribution in [0, 0.1) is 11.3 Å². The molecule has 7 heteroatoms. The van der Waals surface area contributed by atoms with Crippen molar-refractivity contribution in [2.75, 3.05) is 6.61 Å². The van der Waals surface area contributed by atoms with Gasteiger partial charge < -0.3 is 4.74 Å². The molecule has 0 spiro atoms. The van der Waals surface area contributed by atoms with E-state index >= 15 is 0 Å². The van der Waals surface area contributed by atoms with Gasteiger partial charge in [-0.15, -0.1) is 0 Å². The van der Waals surface area contributed by atoms with Gasteiger partial charge in [-0.1, -0.05) is 0 Å². The van der Waals surface area contributed by atoms with Crippen LogP contribution in [-0.2, 0) is 16.6 Å². The van der Waals surface area contributed by atoms with Gasteiger partial charge in [-0.05, 0) is 6.92 Å². The van der Waals surface area contributed by atoms with Gasteiger partial charge in [0, 0.05) is 7.05 Å². The Morgan fingerprint density at radius 1 is 1.61 bits per heavy atom. The number of aromatic nitrogens is 4. The smallest absolute Gasteiger partial charge is 0.329 e. The van der Waals surface area contributed by atoms with Gasteiger partial charge in [0.1, 0.15) is 6.33 Å². The summed E-state index contributed by atoms with van der Waals surface area (Å²) < 4.78 is 6.41. The van der Waals surface area contributed by atoms with Crippen LogP contribution < -0.4 is 0 Å². The van der Waals surface area contributed by atoms with Gasteiger partial charge in [0.15, 0.2) is 11.6 Å². The molecule has 0 radical (unpaired) electrons. The van der Waals surface area contributed by atoms with Gasteiger partial charge in [0.25, 0.3) is 0 Å². The molecule has 1 unspecified atom stereocenters. The molecule has 0 aromatic carbocycles. The minimum Gasteiger partial charge on any atom is -0.465 e. The molecule has 0 amide bonds. The van der Waals surface area contributed by atoms with Gasteiger partial charge >= 0.3 is 5.97 Å². The predicted molar refractivity (Wildman–Crippen MR) is 61.3 cm³/mol. The highest BCUT2D eigenvalue weighted by Gasteiger charge is 2.26. The van der Waals surface area contributed by atoms with Crippen molar-refractivity contribution in [1.82, 2.24) is 19.7 Å². The molecule has 0 aliphatic carbocycles. The predicted octanol–water partition coefficient (Wildman–Crippen LogP) is 0.534. The fourth-order valence-electron chi connectivity index (χ4n) is 1.66. The Kier molecular flexibility index (Phi) is 3.19. The van der Waals surface area contributed by atoms with Gasteiger partial charge in [-0.3, -0.25) is 9.48 Å². The molecule has 0 bridgehead atoms. The lowest BCUT2D eigenvalue weighted by molar-refractivity contribution is -0.143. The van der Waals surface area contributed by atoms with E-state index in [1.165, 1.54) is 12.5 Å². The summed E-state index contributed by atoms with van der Waals surface area (Å²) in [4.78, 5) is 19.8. The highest BCUT2D eigenvalue weighted by molar-refractivity contribution is 5.88. The summed E-state index contributed by atoms with van der Waals surface area (Å²) in [6.45, 7) is 1.91. The molecule has 2 rings (SSSR count). The molecule has 0 aliphatic heterocycles. The largest absolute Gasteiger partial charge is 0.465 e. The van der Waals surface area contributed by atoms with Crippen molar-refractivity contribution in [2.24, 2.45) is 7.05 Å². The van der Waals surface area contributed by atoms with Crippen molar-refractivity contribution < 1.29 is 9.53 Å². The molecule has 2 aromatic heterocycles. The Bertz CT molecular complexity index is 628. The number of hydrogen-bond acceptors (Lipinski definition) is 6. The summed E-state index contributed by atoms with van der Waals surface area (Å²) >= 11 is 0. The fraction of sp³-hybridized carbons (Fsp3) is 0.364. The van der Waals surface area contributed by atoms with Crippen LogP contribution in [0.1, 0.15) is 18.5 Å². The molecule has 0 saturated carbocycles. The molecule has 2 aromatic rings. The summed E-state index contributed by atoms with van der Waals surface area (Å²) in [5, 5.41) is 13.7. The molecule has 18 heavy (non-hydrogen) atoms. The number of rotatable bonds is 3. The van der Waals surface area contributed by atoms with E-state index in [-0.39, 0.29) is 6.61 Å². The SMILES string of the molecule is CCOC(=O)C(C#N)c1ncnc2c1cnn2C. The second-order valence-corrected chi connectivity index (χ2v) is 3.58. The van der Waals surface area contributed by atoms with Crippen molar-refractivity contribution in [1.29, 1.82) is 5.26 Å². The third-order valence-electron chi connectivity index (χ3n) is 2.49. The molecule has 7 nitrogen and oxygen atoms in total. The minimum absolute atomic E-state index is 0.221. The summed E-state index contributed by atoms with van der Waals surface area (Å²) in [6.07, 6.45) is 2.84. The quantitative estimate of drug-likeness (QED) is 0.732. The summed E-state index contributed by atoms with van der Waals surface area (Å²) in [6, 6.07) is 1.90. The maximum Gasteiger partial charge on any atom is 0.329 e. The maximum absolute atomic E-state index is 11.7. The lowest BCUT2D eigenvalue weighted by atomic mass is 10.1. The number of nitriles is 1. The molecular formula is C11H11N5O2. The Hall–Kier alpha value is -2.49. The van der Waals surface area contributed by atoms with Crippen LogP contribution in [0.4, 0.5) is 0 Å². The number of carbonyl (C=O) groups excluding carboxylic acids is 1. The van der Waals surface area contributed by atoms with Crippen LogP contribution in [0.2, 0.25) is 0 Å². The van der Waals surface area contributed by atoms with Gasteiger partial charge in [0.2, 0.25) is 0 Å². The van der Waals surface area contributed by atoms with Crippen LogP contribution in [-0.4, -0.2) is 32.3 Å². The number of aryl methyl sites for hydroxylation is 1. The van der Waals surface area contributed by atoms with Crippen molar-refractivity contribution in [3.05, 3.63) is 18.2 Å². The third kappa shape index (κ3) is 1.88. The molecule has 0 N–H and O–H groups in total. The van der Waals surface area contributed by atoms with Gasteiger partial charge in [-0.2, -0.15) is 10.4 Å². The topological polar surface area (TPSA) is 93.7 Å². The Labute approximate surface area is 103 Å². The molecular weight excluding hydrogens is 234 g/mol. The zero-order valence-corrected chi connectivity index (χ0v) is 9.99. The molecule has 92 valence electrons. The summed E-state index contributed by atoms with van der Waals surface area (Å²) in [7, 11) is 1.73. The fourth-order valence-corrected chi connectivity index (χ4v) is 1.66. The van der Waals surface area contributed by atoms with Crippen LogP contribution in [0.3, 0.4) is 0 Å². The van der Waals surface area contributed by atoms with Crippen LogP contribution >= 0.6 is 0 Å². The molecule has 0 saturated heterocycles. The summed E-state index contributed by atoms with van der Waals surface area (Å²) in [5.74, 6) is -1.66. The van der Waals surface area contributed by atoms with Gasteiger partial charge in [0.05, 0.1) is 30.0 Å². The lowest BCUT2D eigenvalue weighted by Gasteiger charge is -2.08. The van der Waals surface area contributed by atoms with Crippen LogP contribution in [0.25, 0.3) is 11.0 Å². The standard InChI is InChI=1S/C11H11N5O2/c1-3-18-11(17)7(4-12)9-8-5-15-16(2)10(8)14-6-13-9/h5-7H,3H2,1-2H3. The van der Waals surface area contributed by atoms with Crippen molar-refractivity contribution in [3.8, 4) is 6.07 Å².